The first-order valence-corrected chi connectivity index (χ1v) is 7.26. The van der Waals surface area contributed by atoms with E-state index in [1.807, 2.05) is 6.20 Å². The second kappa shape index (κ2) is 4.72. The van der Waals surface area contributed by atoms with Crippen molar-refractivity contribution in [2.24, 2.45) is 0 Å². The number of nitrogens with one attached hydrogen (secondary N) is 1. The van der Waals surface area contributed by atoms with E-state index in [2.05, 4.69) is 46.4 Å². The van der Waals surface area contributed by atoms with E-state index in [4.69, 9.17) is 4.74 Å². The van der Waals surface area contributed by atoms with Crippen LogP contribution in [0.3, 0.4) is 0 Å². The number of anilines is 1. The van der Waals surface area contributed by atoms with Crippen molar-refractivity contribution in [1.29, 1.82) is 0 Å². The molecule has 2 aliphatic rings. The molecule has 0 radical (unpaired) electrons. The Labute approximate surface area is 118 Å². The van der Waals surface area contributed by atoms with Gasteiger partial charge < -0.3 is 15.0 Å². The largest absolute Gasteiger partial charge is 0.373 e. The lowest BCUT2D eigenvalue weighted by atomic mass is 10.1. The van der Waals surface area contributed by atoms with E-state index in [9.17, 15) is 0 Å². The molecule has 2 fully saturated rings. The van der Waals surface area contributed by atoms with E-state index in [1.165, 1.54) is 16.6 Å². The SMILES string of the molecule is Cc1ccc2nccc(N3C[C@@H]4NCCO[C@@H]4C3)c2c1. The Morgan fingerprint density at radius 1 is 1.30 bits per heavy atom. The van der Waals surface area contributed by atoms with Gasteiger partial charge >= 0.3 is 0 Å². The lowest BCUT2D eigenvalue weighted by Gasteiger charge is -2.25. The third-order valence-corrected chi connectivity index (χ3v) is 4.32. The molecule has 0 spiro atoms. The fraction of sp³-hybridized carbons (Fsp3) is 0.438. The Morgan fingerprint density at radius 2 is 2.25 bits per heavy atom. The Morgan fingerprint density at radius 3 is 3.15 bits per heavy atom. The minimum atomic E-state index is 0.316. The predicted octanol–water partition coefficient (Wildman–Crippen LogP) is 1.72. The number of fused-ring (bicyclic) bond motifs is 2. The quantitative estimate of drug-likeness (QED) is 0.855. The van der Waals surface area contributed by atoms with E-state index < -0.39 is 0 Å². The zero-order valence-corrected chi connectivity index (χ0v) is 11.7. The summed E-state index contributed by atoms with van der Waals surface area (Å²) in [7, 11) is 0. The minimum Gasteiger partial charge on any atom is -0.373 e. The molecular weight excluding hydrogens is 250 g/mol. The van der Waals surface area contributed by atoms with E-state index in [0.29, 0.717) is 12.1 Å². The molecular formula is C16H19N3O. The van der Waals surface area contributed by atoms with Crippen LogP contribution < -0.4 is 10.2 Å². The number of pyridine rings is 1. The predicted molar refractivity (Wildman–Crippen MR) is 80.2 cm³/mol. The molecule has 104 valence electrons. The summed E-state index contributed by atoms with van der Waals surface area (Å²) < 4.78 is 5.87. The maximum absolute atomic E-state index is 5.87. The molecule has 0 aliphatic carbocycles. The van der Waals surface area contributed by atoms with Crippen molar-refractivity contribution in [1.82, 2.24) is 10.3 Å². The van der Waals surface area contributed by atoms with Crippen LogP contribution in [0.4, 0.5) is 5.69 Å². The van der Waals surface area contributed by atoms with Gasteiger partial charge in [-0.3, -0.25) is 4.98 Å². The molecule has 4 rings (SSSR count). The molecule has 3 heterocycles. The topological polar surface area (TPSA) is 37.4 Å². The van der Waals surface area contributed by atoms with Crippen LogP contribution in [0.1, 0.15) is 5.56 Å². The van der Waals surface area contributed by atoms with Gasteiger partial charge in [-0.15, -0.1) is 0 Å². The maximum Gasteiger partial charge on any atom is 0.0920 e. The third-order valence-electron chi connectivity index (χ3n) is 4.32. The number of hydrogen-bond donors (Lipinski definition) is 1. The lowest BCUT2D eigenvalue weighted by Crippen LogP contribution is -2.47. The highest BCUT2D eigenvalue weighted by Crippen LogP contribution is 2.30. The Balaban J connectivity index is 1.73. The maximum atomic E-state index is 5.87. The normalized spacial score (nSPS) is 25.9. The summed E-state index contributed by atoms with van der Waals surface area (Å²) in [5.74, 6) is 0. The van der Waals surface area contributed by atoms with Crippen molar-refractivity contribution in [3.63, 3.8) is 0 Å². The van der Waals surface area contributed by atoms with Gasteiger partial charge in [0.25, 0.3) is 0 Å². The number of aromatic nitrogens is 1. The van der Waals surface area contributed by atoms with Gasteiger partial charge in [-0.1, -0.05) is 11.6 Å². The van der Waals surface area contributed by atoms with Crippen LogP contribution in [0.25, 0.3) is 10.9 Å². The molecule has 0 amide bonds. The molecule has 0 unspecified atom stereocenters. The van der Waals surface area contributed by atoms with Crippen LogP contribution >= 0.6 is 0 Å². The average molecular weight is 269 g/mol. The number of ether oxygens (including phenoxy) is 1. The van der Waals surface area contributed by atoms with Gasteiger partial charge in [0.05, 0.1) is 24.3 Å². The number of morpholine rings is 1. The first kappa shape index (κ1) is 12.1. The van der Waals surface area contributed by atoms with Crippen molar-refractivity contribution in [2.75, 3.05) is 31.1 Å². The molecule has 2 atom stereocenters. The highest BCUT2D eigenvalue weighted by Gasteiger charge is 2.35. The second-order valence-electron chi connectivity index (χ2n) is 5.73. The second-order valence-corrected chi connectivity index (χ2v) is 5.73. The summed E-state index contributed by atoms with van der Waals surface area (Å²) in [4.78, 5) is 6.90. The lowest BCUT2D eigenvalue weighted by molar-refractivity contribution is 0.0212. The van der Waals surface area contributed by atoms with Crippen LogP contribution in [0.2, 0.25) is 0 Å². The van der Waals surface area contributed by atoms with Crippen molar-refractivity contribution in [3.05, 3.63) is 36.0 Å². The van der Waals surface area contributed by atoms with E-state index >= 15 is 0 Å². The van der Waals surface area contributed by atoms with E-state index in [1.54, 1.807) is 0 Å². The zero-order chi connectivity index (χ0) is 13.5. The van der Waals surface area contributed by atoms with Crippen molar-refractivity contribution in [2.45, 2.75) is 19.1 Å². The highest BCUT2D eigenvalue weighted by atomic mass is 16.5. The average Bonchev–Trinajstić information content (AvgIpc) is 2.90. The van der Waals surface area contributed by atoms with Crippen LogP contribution in [-0.4, -0.2) is 43.4 Å². The van der Waals surface area contributed by atoms with Crippen LogP contribution in [-0.2, 0) is 4.74 Å². The molecule has 1 aromatic heterocycles. The van der Waals surface area contributed by atoms with E-state index in [-0.39, 0.29) is 0 Å². The van der Waals surface area contributed by atoms with Gasteiger partial charge in [0.1, 0.15) is 0 Å². The molecule has 0 bridgehead atoms. The van der Waals surface area contributed by atoms with Gasteiger partial charge in [0, 0.05) is 36.9 Å². The Kier molecular flexibility index (Phi) is 2.86. The van der Waals surface area contributed by atoms with E-state index in [0.717, 1.165) is 31.8 Å². The smallest absolute Gasteiger partial charge is 0.0920 e. The number of hydrogen-bond acceptors (Lipinski definition) is 4. The number of nitrogens with zero attached hydrogens (tertiary/aromatic N) is 2. The summed E-state index contributed by atoms with van der Waals surface area (Å²) in [6.45, 7) is 5.89. The van der Waals surface area contributed by atoms with Gasteiger partial charge in [0.15, 0.2) is 0 Å². The molecule has 2 aliphatic heterocycles. The molecule has 0 saturated carbocycles. The van der Waals surface area contributed by atoms with Gasteiger partial charge in [0.2, 0.25) is 0 Å². The fourth-order valence-corrected chi connectivity index (χ4v) is 3.31. The highest BCUT2D eigenvalue weighted by molar-refractivity contribution is 5.92. The van der Waals surface area contributed by atoms with Gasteiger partial charge in [-0.05, 0) is 25.1 Å². The summed E-state index contributed by atoms with van der Waals surface area (Å²) in [6.07, 6.45) is 2.22. The van der Waals surface area contributed by atoms with Gasteiger partial charge in [-0.2, -0.15) is 0 Å². The molecule has 4 nitrogen and oxygen atoms in total. The molecule has 20 heavy (non-hydrogen) atoms. The first-order valence-electron chi connectivity index (χ1n) is 7.26. The van der Waals surface area contributed by atoms with Crippen molar-refractivity contribution >= 4 is 16.6 Å². The molecule has 1 N–H and O–H groups in total. The first-order chi connectivity index (χ1) is 9.81. The molecule has 2 aromatic rings. The van der Waals surface area contributed by atoms with Crippen LogP contribution in [0.15, 0.2) is 30.5 Å². The minimum absolute atomic E-state index is 0.316. The molecule has 1 aromatic carbocycles. The number of rotatable bonds is 1. The van der Waals surface area contributed by atoms with Crippen molar-refractivity contribution < 1.29 is 4.74 Å². The molecule has 4 heteroatoms. The van der Waals surface area contributed by atoms with Crippen LogP contribution in [0.5, 0.6) is 0 Å². The Hall–Kier alpha value is -1.65. The summed E-state index contributed by atoms with van der Waals surface area (Å²) in [5.41, 5.74) is 3.62. The Bertz CT molecular complexity index is 629. The van der Waals surface area contributed by atoms with Gasteiger partial charge in [-0.25, -0.2) is 0 Å². The van der Waals surface area contributed by atoms with Crippen LogP contribution in [0, 0.1) is 6.92 Å². The summed E-state index contributed by atoms with van der Waals surface area (Å²) >= 11 is 0. The zero-order valence-electron chi connectivity index (χ0n) is 11.7. The standard InChI is InChI=1S/C16H19N3O/c1-11-2-3-13-12(8-11)15(4-5-17-13)19-9-14-16(10-19)20-7-6-18-14/h2-5,8,14,16,18H,6-7,9-10H2,1H3/t14-,16+/m0/s1. The molecule has 2 saturated heterocycles. The fourth-order valence-electron chi connectivity index (χ4n) is 3.31. The summed E-state index contributed by atoms with van der Waals surface area (Å²) in [6, 6.07) is 9.03. The third kappa shape index (κ3) is 1.96. The monoisotopic (exact) mass is 269 g/mol. The number of aryl methyl sites for hydroxylation is 1. The number of benzene rings is 1. The summed E-state index contributed by atoms with van der Waals surface area (Å²) in [5, 5.41) is 4.80. The van der Waals surface area contributed by atoms with Crippen molar-refractivity contribution in [3.8, 4) is 0 Å².